The van der Waals surface area contributed by atoms with Crippen molar-refractivity contribution in [1.82, 2.24) is 33.7 Å². The quantitative estimate of drug-likeness (QED) is 0.591. The first kappa shape index (κ1) is 20.4. The van der Waals surface area contributed by atoms with E-state index < -0.39 is 10.0 Å². The Kier molecular flexibility index (Phi) is 4.97. The highest BCUT2D eigenvalue weighted by Crippen LogP contribution is 2.30. The molecular weight excluding hydrogens is 416 g/mol. The van der Waals surface area contributed by atoms with Gasteiger partial charge in [-0.1, -0.05) is 13.8 Å². The van der Waals surface area contributed by atoms with Crippen molar-refractivity contribution in [3.05, 3.63) is 30.0 Å². The summed E-state index contributed by atoms with van der Waals surface area (Å²) in [5, 5.41) is 13.5. The molecule has 5 heterocycles. The maximum absolute atomic E-state index is 13.1. The molecule has 3 aromatic rings. The summed E-state index contributed by atoms with van der Waals surface area (Å²) in [5.41, 5.74) is 0.726. The van der Waals surface area contributed by atoms with E-state index in [-0.39, 0.29) is 16.9 Å². The van der Waals surface area contributed by atoms with Crippen LogP contribution in [0.15, 0.2) is 23.4 Å². The summed E-state index contributed by atoms with van der Waals surface area (Å²) in [4.78, 5) is 6.63. The molecule has 0 radical (unpaired) electrons. The molecule has 5 rings (SSSR count). The Labute approximate surface area is 181 Å². The highest BCUT2D eigenvalue weighted by Gasteiger charge is 2.34. The molecule has 11 heteroatoms. The molecular formula is C20H28N8O2S. The molecule has 0 amide bonds. The summed E-state index contributed by atoms with van der Waals surface area (Å²) in [7, 11) is -1.77. The van der Waals surface area contributed by atoms with Gasteiger partial charge >= 0.3 is 0 Å². The van der Waals surface area contributed by atoms with Crippen molar-refractivity contribution in [3.8, 4) is 0 Å². The van der Waals surface area contributed by atoms with Crippen molar-refractivity contribution in [2.24, 2.45) is 7.05 Å². The summed E-state index contributed by atoms with van der Waals surface area (Å²) in [6.07, 6.45) is 4.17. The lowest BCUT2D eigenvalue weighted by molar-refractivity contribution is 0.310. The number of piperidine rings is 1. The minimum atomic E-state index is -3.61. The maximum Gasteiger partial charge on any atom is 0.262 e. The van der Waals surface area contributed by atoms with E-state index in [0.717, 1.165) is 36.2 Å². The summed E-state index contributed by atoms with van der Waals surface area (Å²) in [5.74, 6) is 2.81. The largest absolute Gasteiger partial charge is 0.355 e. The predicted molar refractivity (Wildman–Crippen MR) is 116 cm³/mol. The zero-order valence-corrected chi connectivity index (χ0v) is 19.0. The van der Waals surface area contributed by atoms with Gasteiger partial charge in [-0.2, -0.15) is 8.82 Å². The number of nitrogens with zero attached hydrogens (tertiary/aromatic N) is 8. The van der Waals surface area contributed by atoms with Crippen molar-refractivity contribution in [3.63, 3.8) is 0 Å². The average molecular weight is 445 g/mol. The molecule has 2 saturated heterocycles. The molecule has 31 heavy (non-hydrogen) atoms. The van der Waals surface area contributed by atoms with E-state index in [0.29, 0.717) is 25.9 Å². The van der Waals surface area contributed by atoms with Crippen molar-refractivity contribution >= 4 is 21.5 Å². The molecule has 0 aliphatic carbocycles. The number of hydrogen-bond donors (Lipinski definition) is 0. The molecule has 166 valence electrons. The third-order valence-corrected chi connectivity index (χ3v) is 8.05. The normalized spacial score (nSPS) is 18.8. The fourth-order valence-electron chi connectivity index (χ4n) is 4.36. The fourth-order valence-corrected chi connectivity index (χ4v) is 5.82. The lowest BCUT2D eigenvalue weighted by Gasteiger charge is -2.32. The molecule has 0 saturated carbocycles. The second-order valence-corrected chi connectivity index (χ2v) is 10.6. The molecule has 0 N–H and O–H groups in total. The Morgan fingerprint density at radius 3 is 2.42 bits per heavy atom. The SMILES string of the molecule is CC(C)c1nc(S(=O)(=O)N2CCC(c3nnc4ccc(N5CCC5)nn34)CC2)cn1C. The van der Waals surface area contributed by atoms with Crippen molar-refractivity contribution in [2.45, 2.75) is 50.0 Å². The number of sulfonamides is 1. The van der Waals surface area contributed by atoms with Crippen molar-refractivity contribution in [1.29, 1.82) is 0 Å². The van der Waals surface area contributed by atoms with Crippen LogP contribution in [-0.4, -0.2) is 68.3 Å². The van der Waals surface area contributed by atoms with E-state index >= 15 is 0 Å². The summed E-state index contributed by atoms with van der Waals surface area (Å²) in [6, 6.07) is 3.94. The van der Waals surface area contributed by atoms with E-state index in [9.17, 15) is 8.42 Å². The molecule has 0 spiro atoms. The fraction of sp³-hybridized carbons (Fsp3) is 0.600. The topological polar surface area (TPSA) is 102 Å². The number of hydrogen-bond acceptors (Lipinski definition) is 7. The summed E-state index contributed by atoms with van der Waals surface area (Å²) in [6.45, 7) is 6.93. The van der Waals surface area contributed by atoms with E-state index in [1.807, 2.05) is 37.5 Å². The zero-order valence-electron chi connectivity index (χ0n) is 18.1. The maximum atomic E-state index is 13.1. The third-order valence-electron chi connectivity index (χ3n) is 6.28. The van der Waals surface area contributed by atoms with Gasteiger partial charge in [-0.3, -0.25) is 0 Å². The van der Waals surface area contributed by atoms with Gasteiger partial charge in [0.05, 0.1) is 0 Å². The Balaban J connectivity index is 1.34. The van der Waals surface area contributed by atoms with Gasteiger partial charge in [0.25, 0.3) is 10.0 Å². The standard InChI is InChI=1S/C20H28N8O2S/c1-14(2)19-21-18(13-25(19)3)31(29,30)27-11-7-15(8-12-27)20-23-22-16-5-6-17(24-28(16)20)26-9-4-10-26/h5-6,13-15H,4,7-12H2,1-3H3. The van der Waals surface area contributed by atoms with E-state index in [4.69, 9.17) is 5.10 Å². The van der Waals surface area contributed by atoms with Crippen molar-refractivity contribution < 1.29 is 8.42 Å². The molecule has 2 aliphatic heterocycles. The molecule has 3 aromatic heterocycles. The van der Waals surface area contributed by atoms with Gasteiger partial charge in [0.1, 0.15) is 11.6 Å². The zero-order chi connectivity index (χ0) is 21.8. The number of aryl methyl sites for hydroxylation is 1. The second kappa shape index (κ2) is 7.56. The summed E-state index contributed by atoms with van der Waals surface area (Å²) >= 11 is 0. The lowest BCUT2D eigenvalue weighted by Crippen LogP contribution is -2.39. The van der Waals surface area contributed by atoms with Crippen molar-refractivity contribution in [2.75, 3.05) is 31.1 Å². The van der Waals surface area contributed by atoms with Crippen LogP contribution in [-0.2, 0) is 17.1 Å². The van der Waals surface area contributed by atoms with E-state index in [1.54, 1.807) is 10.8 Å². The minimum Gasteiger partial charge on any atom is -0.355 e. The number of aromatic nitrogens is 6. The monoisotopic (exact) mass is 444 g/mol. The van der Waals surface area contributed by atoms with Gasteiger partial charge in [-0.15, -0.1) is 15.3 Å². The highest BCUT2D eigenvalue weighted by molar-refractivity contribution is 7.89. The van der Waals surface area contributed by atoms with Gasteiger partial charge in [0.15, 0.2) is 16.5 Å². The van der Waals surface area contributed by atoms with E-state index in [2.05, 4.69) is 20.1 Å². The van der Waals surface area contributed by atoms with Gasteiger partial charge in [-0.25, -0.2) is 13.4 Å². The molecule has 0 bridgehead atoms. The molecule has 2 aliphatic rings. The van der Waals surface area contributed by atoms with E-state index in [1.165, 1.54) is 10.7 Å². The Morgan fingerprint density at radius 1 is 1.06 bits per heavy atom. The highest BCUT2D eigenvalue weighted by atomic mass is 32.2. The number of anilines is 1. The molecule has 2 fully saturated rings. The van der Waals surface area contributed by atoms with Crippen LogP contribution in [0.25, 0.3) is 5.65 Å². The first-order valence-corrected chi connectivity index (χ1v) is 12.3. The van der Waals surface area contributed by atoms with Crippen LogP contribution >= 0.6 is 0 Å². The minimum absolute atomic E-state index is 0.121. The van der Waals surface area contributed by atoms with Gasteiger partial charge in [0, 0.05) is 51.3 Å². The van der Waals surface area contributed by atoms with Gasteiger partial charge < -0.3 is 9.47 Å². The molecule has 0 unspecified atom stereocenters. The van der Waals surface area contributed by atoms with Crippen LogP contribution in [0.2, 0.25) is 0 Å². The lowest BCUT2D eigenvalue weighted by atomic mass is 9.97. The smallest absolute Gasteiger partial charge is 0.262 e. The van der Waals surface area contributed by atoms with Gasteiger partial charge in [-0.05, 0) is 31.4 Å². The third kappa shape index (κ3) is 3.49. The van der Waals surface area contributed by atoms with Crippen LogP contribution in [0, 0.1) is 0 Å². The van der Waals surface area contributed by atoms with Gasteiger partial charge in [0.2, 0.25) is 0 Å². The summed E-state index contributed by atoms with van der Waals surface area (Å²) < 4.78 is 31.4. The Morgan fingerprint density at radius 2 is 1.81 bits per heavy atom. The number of imidazole rings is 1. The Hall–Kier alpha value is -2.53. The van der Waals surface area contributed by atoms with Crippen LogP contribution in [0.3, 0.4) is 0 Å². The van der Waals surface area contributed by atoms with Crippen LogP contribution in [0.4, 0.5) is 5.82 Å². The first-order valence-electron chi connectivity index (χ1n) is 10.9. The first-order chi connectivity index (χ1) is 14.8. The number of fused-ring (bicyclic) bond motifs is 1. The molecule has 0 atom stereocenters. The average Bonchev–Trinajstić information content (AvgIpc) is 3.30. The second-order valence-electron chi connectivity index (χ2n) is 8.74. The van der Waals surface area contributed by atoms with Crippen LogP contribution < -0.4 is 4.90 Å². The Bertz CT molecular complexity index is 1200. The molecule has 10 nitrogen and oxygen atoms in total. The molecule has 0 aromatic carbocycles. The van der Waals surface area contributed by atoms with Crippen LogP contribution in [0.5, 0.6) is 0 Å². The number of rotatable bonds is 5. The predicted octanol–water partition coefficient (Wildman–Crippen LogP) is 1.76. The van der Waals surface area contributed by atoms with Crippen LogP contribution in [0.1, 0.15) is 56.6 Å².